The summed E-state index contributed by atoms with van der Waals surface area (Å²) in [6.45, 7) is 0.491. The maximum atomic E-state index is 9.35. The first kappa shape index (κ1) is 14.2. The van der Waals surface area contributed by atoms with Gasteiger partial charge in [-0.25, -0.2) is 0 Å². The molecule has 7 heteroatoms. The van der Waals surface area contributed by atoms with Crippen molar-refractivity contribution in [3.05, 3.63) is 0 Å². The summed E-state index contributed by atoms with van der Waals surface area (Å²) in [6.07, 6.45) is 0. The Morgan fingerprint density at radius 2 is 1.36 bits per heavy atom. The van der Waals surface area contributed by atoms with E-state index in [1.165, 1.54) is 0 Å². The van der Waals surface area contributed by atoms with Crippen LogP contribution in [-0.4, -0.2) is 64.9 Å². The Bertz CT molecular complexity index is 165. The minimum atomic E-state index is -4.11. The topological polar surface area (TPSA) is 110 Å². The molecule has 0 spiro atoms. The first-order chi connectivity index (χ1) is 6.14. The van der Waals surface area contributed by atoms with Crippen molar-refractivity contribution in [3.8, 4) is 0 Å². The number of hydrogen-bond donors (Lipinski definition) is 5. The molecule has 0 amide bonds. The van der Waals surface area contributed by atoms with Gasteiger partial charge in [0.1, 0.15) is 0 Å². The summed E-state index contributed by atoms with van der Waals surface area (Å²) >= 11 is 0. The Morgan fingerprint density at radius 3 is 1.57 bits per heavy atom. The Labute approximate surface area is 82.9 Å². The van der Waals surface area contributed by atoms with Crippen LogP contribution in [0, 0.1) is 5.41 Å². The van der Waals surface area contributed by atoms with E-state index in [-0.39, 0.29) is 6.61 Å². The Kier molecular flexibility index (Phi) is 4.42. The first-order valence-corrected chi connectivity index (χ1v) is 7.08. The summed E-state index contributed by atoms with van der Waals surface area (Å²) in [5, 5.41) is 26.7. The molecule has 0 aliphatic heterocycles. The van der Waals surface area contributed by atoms with E-state index in [0.717, 1.165) is 13.3 Å². The molecule has 0 atom stereocenters. The van der Waals surface area contributed by atoms with Crippen LogP contribution >= 0.6 is 7.28 Å². The first-order valence-electron chi connectivity index (χ1n) is 4.13. The van der Waals surface area contributed by atoms with Crippen molar-refractivity contribution in [1.82, 2.24) is 0 Å². The van der Waals surface area contributed by atoms with Gasteiger partial charge in [-0.2, -0.15) is 0 Å². The summed E-state index contributed by atoms with van der Waals surface area (Å²) in [5.74, 6) is 0. The van der Waals surface area contributed by atoms with Gasteiger partial charge in [-0.15, -0.1) is 0 Å². The fourth-order valence-electron chi connectivity index (χ4n) is 0.611. The van der Waals surface area contributed by atoms with Crippen molar-refractivity contribution < 1.29 is 29.6 Å². The zero-order chi connectivity index (χ0) is 11.5. The van der Waals surface area contributed by atoms with Crippen LogP contribution in [0.5, 0.6) is 0 Å². The number of hydrogen-bond acceptors (Lipinski definition) is 6. The van der Waals surface area contributed by atoms with Gasteiger partial charge < -0.3 is 0 Å². The summed E-state index contributed by atoms with van der Waals surface area (Å²) in [7, 11) is -4.11. The molecular formula is C7H19O6P. The average Bonchev–Trinajstić information content (AvgIpc) is 2.05. The second-order valence-corrected chi connectivity index (χ2v) is 8.10. The van der Waals surface area contributed by atoms with Crippen LogP contribution in [0.4, 0.5) is 0 Å². The molecule has 0 aromatic heterocycles. The molecule has 0 unspecified atom stereocenters. The van der Waals surface area contributed by atoms with Crippen LogP contribution in [0.3, 0.4) is 0 Å². The third-order valence-electron chi connectivity index (χ3n) is 1.75. The molecule has 5 N–H and O–H groups in total. The summed E-state index contributed by atoms with van der Waals surface area (Å²) in [5.41, 5.74) is -1.24. The van der Waals surface area contributed by atoms with Crippen LogP contribution in [0.15, 0.2) is 0 Å². The van der Waals surface area contributed by atoms with Crippen molar-refractivity contribution >= 4 is 7.28 Å². The van der Waals surface area contributed by atoms with Crippen LogP contribution in [0.1, 0.15) is 0 Å². The molecule has 0 bridgehead atoms. The van der Waals surface area contributed by atoms with E-state index >= 15 is 0 Å². The van der Waals surface area contributed by atoms with E-state index in [9.17, 15) is 9.79 Å². The van der Waals surface area contributed by atoms with Crippen molar-refractivity contribution in [1.29, 1.82) is 0 Å². The van der Waals surface area contributed by atoms with Crippen LogP contribution < -0.4 is 0 Å². The van der Waals surface area contributed by atoms with Crippen LogP contribution in [-0.2, 0) is 4.52 Å². The van der Waals surface area contributed by atoms with Gasteiger partial charge in [0.15, 0.2) is 0 Å². The van der Waals surface area contributed by atoms with E-state index in [1.54, 1.807) is 0 Å². The molecule has 0 saturated heterocycles. The molecule has 0 rings (SSSR count). The quantitative estimate of drug-likeness (QED) is 0.355. The second kappa shape index (κ2) is 4.37. The summed E-state index contributed by atoms with van der Waals surface area (Å²) < 4.78 is 4.82. The van der Waals surface area contributed by atoms with Gasteiger partial charge in [0.25, 0.3) is 0 Å². The third kappa shape index (κ3) is 5.17. The molecule has 0 aromatic carbocycles. The molecule has 6 nitrogen and oxygen atoms in total. The molecule has 0 fully saturated rings. The van der Waals surface area contributed by atoms with E-state index in [0.29, 0.717) is 0 Å². The molecule has 14 heavy (non-hydrogen) atoms. The normalized spacial score (nSPS) is 16.4. The Hall–Kier alpha value is 0.190. The molecule has 0 saturated carbocycles. The van der Waals surface area contributed by atoms with E-state index in [4.69, 9.17) is 19.8 Å². The van der Waals surface area contributed by atoms with Crippen molar-refractivity contribution in [2.45, 2.75) is 0 Å². The molecule has 0 aromatic rings. The van der Waals surface area contributed by atoms with Crippen LogP contribution in [0.2, 0.25) is 0 Å². The van der Waals surface area contributed by atoms with Crippen molar-refractivity contribution in [2.24, 2.45) is 5.41 Å². The number of rotatable bonds is 6. The van der Waals surface area contributed by atoms with Gasteiger partial charge in [0, 0.05) is 0 Å². The third-order valence-corrected chi connectivity index (χ3v) is 2.63. The predicted octanol–water partition coefficient (Wildman–Crippen LogP) is -1.49. The van der Waals surface area contributed by atoms with Gasteiger partial charge in [0.2, 0.25) is 0 Å². The van der Waals surface area contributed by atoms with Gasteiger partial charge in [-0.1, -0.05) is 0 Å². The zero-order valence-corrected chi connectivity index (χ0v) is 9.31. The van der Waals surface area contributed by atoms with Gasteiger partial charge in [-0.05, 0) is 0 Å². The fraction of sp³-hybridized carbons (Fsp3) is 1.00. The van der Waals surface area contributed by atoms with Gasteiger partial charge >= 0.3 is 82.1 Å². The number of aliphatic hydroxyl groups excluding tert-OH is 3. The van der Waals surface area contributed by atoms with Gasteiger partial charge in [0.05, 0.1) is 0 Å². The average molecular weight is 230 g/mol. The SMILES string of the molecule is CP(C)(O)(O)OCC(CO)(CO)CO. The monoisotopic (exact) mass is 230 g/mol. The fourth-order valence-corrected chi connectivity index (χ4v) is 1.26. The van der Waals surface area contributed by atoms with E-state index < -0.39 is 32.5 Å². The van der Waals surface area contributed by atoms with Crippen LogP contribution in [0.25, 0.3) is 0 Å². The number of aliphatic hydroxyl groups is 3. The minimum absolute atomic E-state index is 0.311. The second-order valence-electron chi connectivity index (χ2n) is 4.11. The molecule has 0 aliphatic carbocycles. The zero-order valence-electron chi connectivity index (χ0n) is 8.42. The van der Waals surface area contributed by atoms with Gasteiger partial charge in [-0.3, -0.25) is 0 Å². The van der Waals surface area contributed by atoms with E-state index in [2.05, 4.69) is 0 Å². The standard InChI is InChI=1S/C7H19O6P/c1-14(2,11,12)13-6-7(3-8,4-9)5-10/h8-12H,3-6H2,1-2H3. The Morgan fingerprint density at radius 1 is 1.00 bits per heavy atom. The molecular weight excluding hydrogens is 211 g/mol. The van der Waals surface area contributed by atoms with Crippen molar-refractivity contribution in [2.75, 3.05) is 39.8 Å². The predicted molar refractivity (Wildman–Crippen MR) is 52.8 cm³/mol. The maximum absolute atomic E-state index is 9.35. The molecule has 88 valence electrons. The molecule has 0 aliphatic rings. The Balaban J connectivity index is 4.35. The summed E-state index contributed by atoms with van der Waals surface area (Å²) in [6, 6.07) is 0. The summed E-state index contributed by atoms with van der Waals surface area (Å²) in [4.78, 5) is 18.7. The molecule has 0 heterocycles. The molecule has 0 radical (unpaired) electrons. The van der Waals surface area contributed by atoms with Crippen molar-refractivity contribution in [3.63, 3.8) is 0 Å². The van der Waals surface area contributed by atoms with E-state index in [1.807, 2.05) is 0 Å².